The van der Waals surface area contributed by atoms with E-state index in [9.17, 15) is 5.26 Å². The summed E-state index contributed by atoms with van der Waals surface area (Å²) < 4.78 is 5.83. The molecule has 0 bridgehead atoms. The third-order valence-corrected chi connectivity index (χ3v) is 4.01. The van der Waals surface area contributed by atoms with E-state index in [2.05, 4.69) is 44.3 Å². The molecule has 1 rings (SSSR count). The van der Waals surface area contributed by atoms with Crippen LogP contribution in [-0.4, -0.2) is 19.2 Å². The van der Waals surface area contributed by atoms with Gasteiger partial charge < -0.3 is 10.1 Å². The van der Waals surface area contributed by atoms with Crippen LogP contribution < -0.4 is 10.1 Å². The van der Waals surface area contributed by atoms with Gasteiger partial charge >= 0.3 is 0 Å². The van der Waals surface area contributed by atoms with E-state index in [0.717, 1.165) is 25.0 Å². The highest BCUT2D eigenvalue weighted by molar-refractivity contribution is 5.32. The van der Waals surface area contributed by atoms with Gasteiger partial charge in [-0.3, -0.25) is 0 Å². The minimum absolute atomic E-state index is 0.129. The van der Waals surface area contributed by atoms with Gasteiger partial charge in [0.05, 0.1) is 12.7 Å². The normalized spacial score (nSPS) is 14.3. The highest BCUT2D eigenvalue weighted by atomic mass is 16.5. The van der Waals surface area contributed by atoms with Crippen LogP contribution >= 0.6 is 0 Å². The van der Waals surface area contributed by atoms with E-state index in [1.807, 2.05) is 26.1 Å². The van der Waals surface area contributed by atoms with E-state index in [4.69, 9.17) is 4.74 Å². The van der Waals surface area contributed by atoms with E-state index in [1.165, 1.54) is 5.56 Å². The molecule has 0 heterocycles. The molecule has 1 aromatic rings. The third kappa shape index (κ3) is 5.06. The summed E-state index contributed by atoms with van der Waals surface area (Å²) in [7, 11) is 1.85. The molecule has 3 nitrogen and oxygen atoms in total. The molecule has 0 aliphatic heterocycles. The molecule has 116 valence electrons. The second-order valence-electron chi connectivity index (χ2n) is 6.53. The van der Waals surface area contributed by atoms with Gasteiger partial charge in [-0.05, 0) is 49.4 Å². The summed E-state index contributed by atoms with van der Waals surface area (Å²) in [6.45, 7) is 9.26. The lowest BCUT2D eigenvalue weighted by atomic mass is 9.87. The molecule has 0 spiro atoms. The van der Waals surface area contributed by atoms with Crippen molar-refractivity contribution in [3.05, 3.63) is 29.8 Å². The lowest BCUT2D eigenvalue weighted by molar-refractivity contribution is 0.281. The highest BCUT2D eigenvalue weighted by Crippen LogP contribution is 2.26. The van der Waals surface area contributed by atoms with Gasteiger partial charge in [0.1, 0.15) is 11.3 Å². The monoisotopic (exact) mass is 288 g/mol. The molecule has 1 N–H and O–H groups in total. The average Bonchev–Trinajstić information content (AvgIpc) is 2.48. The zero-order chi connectivity index (χ0) is 15.9. The first-order valence-electron chi connectivity index (χ1n) is 7.70. The molecule has 0 amide bonds. The summed E-state index contributed by atoms with van der Waals surface area (Å²) in [5.74, 6) is 0.908. The lowest BCUT2D eigenvalue weighted by Crippen LogP contribution is -2.41. The Balaban J connectivity index is 2.52. The Morgan fingerprint density at radius 3 is 2.52 bits per heavy atom. The summed E-state index contributed by atoms with van der Waals surface area (Å²) in [6, 6.07) is 10.6. The summed E-state index contributed by atoms with van der Waals surface area (Å²) in [5, 5.41) is 12.4. The van der Waals surface area contributed by atoms with E-state index in [1.54, 1.807) is 0 Å². The van der Waals surface area contributed by atoms with Crippen LogP contribution in [0.5, 0.6) is 5.75 Å². The van der Waals surface area contributed by atoms with Crippen molar-refractivity contribution in [2.24, 2.45) is 0 Å². The molecule has 0 aliphatic rings. The van der Waals surface area contributed by atoms with Crippen LogP contribution in [-0.2, 0) is 5.41 Å². The molecule has 0 saturated heterocycles. The van der Waals surface area contributed by atoms with Crippen molar-refractivity contribution in [3.8, 4) is 11.8 Å². The van der Waals surface area contributed by atoms with Crippen molar-refractivity contribution < 1.29 is 4.74 Å². The molecule has 0 saturated carbocycles. The minimum Gasteiger partial charge on any atom is -0.494 e. The second kappa shape index (κ2) is 7.47. The Bertz CT molecular complexity index is 479. The van der Waals surface area contributed by atoms with Gasteiger partial charge in [-0.2, -0.15) is 5.26 Å². The molecule has 0 fully saturated rings. The van der Waals surface area contributed by atoms with Crippen LogP contribution in [0.2, 0.25) is 0 Å². The first-order chi connectivity index (χ1) is 9.87. The molecule has 1 aromatic carbocycles. The van der Waals surface area contributed by atoms with Crippen LogP contribution in [0, 0.1) is 11.3 Å². The first-order valence-corrected chi connectivity index (χ1v) is 7.70. The second-order valence-corrected chi connectivity index (χ2v) is 6.53. The van der Waals surface area contributed by atoms with Gasteiger partial charge in [0.25, 0.3) is 0 Å². The maximum absolute atomic E-state index is 9.27. The van der Waals surface area contributed by atoms with Gasteiger partial charge in [-0.25, -0.2) is 0 Å². The summed E-state index contributed by atoms with van der Waals surface area (Å²) >= 11 is 0. The van der Waals surface area contributed by atoms with Crippen molar-refractivity contribution in [1.82, 2.24) is 5.32 Å². The number of benzene rings is 1. The minimum atomic E-state index is -0.420. The zero-order valence-corrected chi connectivity index (χ0v) is 14.0. The van der Waals surface area contributed by atoms with E-state index < -0.39 is 5.54 Å². The lowest BCUT2D eigenvalue weighted by Gasteiger charge is -2.24. The molecular weight excluding hydrogens is 260 g/mol. The van der Waals surface area contributed by atoms with Gasteiger partial charge in [-0.1, -0.05) is 39.8 Å². The van der Waals surface area contributed by atoms with Crippen molar-refractivity contribution in [1.29, 1.82) is 5.26 Å². The van der Waals surface area contributed by atoms with Gasteiger partial charge in [0, 0.05) is 0 Å². The standard InChI is InChI=1S/C18H28N2O/c1-6-18(14-19,20-5)11-8-12-21-16-10-7-9-15(13-16)17(2,3)4/h7,9-10,13,20H,6,8,11-12H2,1-5H3. The topological polar surface area (TPSA) is 45.0 Å². The predicted octanol–water partition coefficient (Wildman–Crippen LogP) is 4.03. The molecular formula is C18H28N2O. The maximum atomic E-state index is 9.27. The average molecular weight is 288 g/mol. The quantitative estimate of drug-likeness (QED) is 0.770. The number of hydrogen-bond acceptors (Lipinski definition) is 3. The Morgan fingerprint density at radius 1 is 1.29 bits per heavy atom. The maximum Gasteiger partial charge on any atom is 0.119 e. The summed E-state index contributed by atoms with van der Waals surface area (Å²) in [5.41, 5.74) is 0.982. The van der Waals surface area contributed by atoms with Crippen LogP contribution in [0.1, 0.15) is 52.5 Å². The van der Waals surface area contributed by atoms with Crippen molar-refractivity contribution in [2.75, 3.05) is 13.7 Å². The fourth-order valence-corrected chi connectivity index (χ4v) is 2.29. The van der Waals surface area contributed by atoms with Crippen LogP contribution in [0.4, 0.5) is 0 Å². The largest absolute Gasteiger partial charge is 0.494 e. The SMILES string of the molecule is CCC(C#N)(CCCOc1cccc(C(C)(C)C)c1)NC. The Hall–Kier alpha value is -1.53. The predicted molar refractivity (Wildman–Crippen MR) is 87.6 cm³/mol. The van der Waals surface area contributed by atoms with Crippen molar-refractivity contribution >= 4 is 0 Å². The summed E-state index contributed by atoms with van der Waals surface area (Å²) in [6.07, 6.45) is 2.47. The molecule has 1 atom stereocenters. The molecule has 21 heavy (non-hydrogen) atoms. The van der Waals surface area contributed by atoms with E-state index in [-0.39, 0.29) is 5.41 Å². The Morgan fingerprint density at radius 2 is 2.00 bits per heavy atom. The summed E-state index contributed by atoms with van der Waals surface area (Å²) in [4.78, 5) is 0. The first kappa shape index (κ1) is 17.5. The van der Waals surface area contributed by atoms with Gasteiger partial charge in [0.2, 0.25) is 0 Å². The van der Waals surface area contributed by atoms with Crippen molar-refractivity contribution in [3.63, 3.8) is 0 Å². The Kier molecular flexibility index (Phi) is 6.23. The molecule has 0 aliphatic carbocycles. The highest BCUT2D eigenvalue weighted by Gasteiger charge is 2.24. The number of nitriles is 1. The zero-order valence-electron chi connectivity index (χ0n) is 14.0. The fourth-order valence-electron chi connectivity index (χ4n) is 2.29. The van der Waals surface area contributed by atoms with E-state index in [0.29, 0.717) is 6.61 Å². The van der Waals surface area contributed by atoms with Gasteiger partial charge in [-0.15, -0.1) is 0 Å². The van der Waals surface area contributed by atoms with Crippen LogP contribution in [0.15, 0.2) is 24.3 Å². The van der Waals surface area contributed by atoms with Gasteiger partial charge in [0.15, 0.2) is 0 Å². The number of nitrogens with one attached hydrogen (secondary N) is 1. The molecule has 1 unspecified atom stereocenters. The third-order valence-electron chi connectivity index (χ3n) is 4.01. The van der Waals surface area contributed by atoms with Crippen LogP contribution in [0.25, 0.3) is 0 Å². The molecule has 0 aromatic heterocycles. The van der Waals surface area contributed by atoms with Crippen molar-refractivity contribution in [2.45, 2.75) is 57.9 Å². The Labute approximate surface area is 129 Å². The number of rotatable bonds is 7. The molecule has 3 heteroatoms. The number of ether oxygens (including phenoxy) is 1. The smallest absolute Gasteiger partial charge is 0.119 e. The van der Waals surface area contributed by atoms with E-state index >= 15 is 0 Å². The molecule has 0 radical (unpaired) electrons. The number of hydrogen-bond donors (Lipinski definition) is 1. The number of nitrogens with zero attached hydrogens (tertiary/aromatic N) is 1. The van der Waals surface area contributed by atoms with Crippen LogP contribution in [0.3, 0.4) is 0 Å². The fraction of sp³-hybridized carbons (Fsp3) is 0.611.